The number of amides is 2. The smallest absolute Gasteiger partial charge is 0.264 e. The lowest BCUT2D eigenvalue weighted by molar-refractivity contribution is -0.140. The molecule has 0 aromatic heterocycles. The summed E-state index contributed by atoms with van der Waals surface area (Å²) in [6.45, 7) is 4.88. The highest BCUT2D eigenvalue weighted by Crippen LogP contribution is 2.25. The lowest BCUT2D eigenvalue weighted by Crippen LogP contribution is -2.53. The fourth-order valence-electron chi connectivity index (χ4n) is 4.00. The minimum atomic E-state index is -4.28. The number of para-hydroxylation sites is 1. The van der Waals surface area contributed by atoms with Crippen LogP contribution in [0.4, 0.5) is 14.5 Å². The van der Waals surface area contributed by atoms with Gasteiger partial charge in [-0.05, 0) is 73.9 Å². The zero-order valence-electron chi connectivity index (χ0n) is 22.2. The van der Waals surface area contributed by atoms with Crippen molar-refractivity contribution in [2.75, 3.05) is 10.8 Å². The van der Waals surface area contributed by atoms with E-state index in [1.165, 1.54) is 29.2 Å². The minimum Gasteiger partial charge on any atom is -0.352 e. The Hall–Kier alpha value is -3.79. The van der Waals surface area contributed by atoms with Crippen molar-refractivity contribution in [3.05, 3.63) is 96.1 Å². The van der Waals surface area contributed by atoms with E-state index in [2.05, 4.69) is 5.32 Å². The van der Waals surface area contributed by atoms with Crippen LogP contribution >= 0.6 is 0 Å². The third-order valence-corrected chi connectivity index (χ3v) is 8.17. The Kier molecular flexibility index (Phi) is 10.2. The Morgan fingerprint density at radius 1 is 0.846 bits per heavy atom. The standard InChI is InChI=1S/C29H33F2N3O4S/c1-4-21(3)32-29(36)27(5-2)33(19-22-11-13-23(30)14-12-22)28(35)20-34(25-9-7-6-8-10-25)39(37,38)26-17-15-24(31)16-18-26/h6-18,21,27H,4-5,19-20H2,1-3H3,(H,32,36)/t21-,27+/m1/s1. The summed E-state index contributed by atoms with van der Waals surface area (Å²) in [6.07, 6.45) is 0.955. The van der Waals surface area contributed by atoms with E-state index in [4.69, 9.17) is 0 Å². The third kappa shape index (κ3) is 7.63. The van der Waals surface area contributed by atoms with Gasteiger partial charge in [-0.25, -0.2) is 17.2 Å². The zero-order chi connectivity index (χ0) is 28.6. The first-order chi connectivity index (χ1) is 18.6. The number of carbonyl (C=O) groups is 2. The van der Waals surface area contributed by atoms with Crippen LogP contribution in [0.3, 0.4) is 0 Å². The highest BCUT2D eigenvalue weighted by atomic mass is 32.2. The second-order valence-electron chi connectivity index (χ2n) is 9.19. The Morgan fingerprint density at radius 2 is 1.41 bits per heavy atom. The molecule has 0 saturated carbocycles. The second-order valence-corrected chi connectivity index (χ2v) is 11.1. The number of nitrogens with one attached hydrogen (secondary N) is 1. The van der Waals surface area contributed by atoms with Gasteiger partial charge in [0.05, 0.1) is 10.6 Å². The van der Waals surface area contributed by atoms with Gasteiger partial charge in [-0.3, -0.25) is 13.9 Å². The van der Waals surface area contributed by atoms with Gasteiger partial charge in [0.2, 0.25) is 11.8 Å². The van der Waals surface area contributed by atoms with Gasteiger partial charge in [0.25, 0.3) is 10.0 Å². The van der Waals surface area contributed by atoms with E-state index >= 15 is 0 Å². The monoisotopic (exact) mass is 557 g/mol. The van der Waals surface area contributed by atoms with Crippen LogP contribution in [-0.4, -0.2) is 43.8 Å². The summed E-state index contributed by atoms with van der Waals surface area (Å²) >= 11 is 0. The molecule has 0 aliphatic rings. The van der Waals surface area contributed by atoms with Crippen LogP contribution in [0.2, 0.25) is 0 Å². The molecule has 0 heterocycles. The van der Waals surface area contributed by atoms with E-state index in [0.717, 1.165) is 28.6 Å². The molecule has 10 heteroatoms. The molecule has 0 unspecified atom stereocenters. The van der Waals surface area contributed by atoms with Crippen LogP contribution in [0.1, 0.15) is 39.2 Å². The molecule has 0 fully saturated rings. The molecule has 39 heavy (non-hydrogen) atoms. The normalized spacial score (nSPS) is 12.8. The van der Waals surface area contributed by atoms with Crippen molar-refractivity contribution in [1.82, 2.24) is 10.2 Å². The zero-order valence-corrected chi connectivity index (χ0v) is 23.0. The van der Waals surface area contributed by atoms with Crippen molar-refractivity contribution in [3.8, 4) is 0 Å². The molecule has 7 nitrogen and oxygen atoms in total. The predicted octanol–water partition coefficient (Wildman–Crippen LogP) is 4.88. The Morgan fingerprint density at radius 3 is 1.95 bits per heavy atom. The first-order valence-corrected chi connectivity index (χ1v) is 14.2. The predicted molar refractivity (Wildman–Crippen MR) is 146 cm³/mol. The first kappa shape index (κ1) is 29.8. The molecule has 0 aliphatic heterocycles. The first-order valence-electron chi connectivity index (χ1n) is 12.7. The van der Waals surface area contributed by atoms with E-state index in [1.54, 1.807) is 37.3 Å². The van der Waals surface area contributed by atoms with Gasteiger partial charge in [-0.1, -0.05) is 44.2 Å². The highest BCUT2D eigenvalue weighted by molar-refractivity contribution is 7.92. The average Bonchev–Trinajstić information content (AvgIpc) is 2.93. The third-order valence-electron chi connectivity index (χ3n) is 6.38. The maximum atomic E-state index is 13.9. The molecule has 3 rings (SSSR count). The number of anilines is 1. The van der Waals surface area contributed by atoms with Crippen LogP contribution < -0.4 is 9.62 Å². The number of hydrogen-bond donors (Lipinski definition) is 1. The summed E-state index contributed by atoms with van der Waals surface area (Å²) in [5.41, 5.74) is 0.807. The maximum Gasteiger partial charge on any atom is 0.264 e. The minimum absolute atomic E-state index is 0.0369. The van der Waals surface area contributed by atoms with Crippen molar-refractivity contribution in [3.63, 3.8) is 0 Å². The SMILES string of the molecule is CC[C@@H](C)NC(=O)[C@H](CC)N(Cc1ccc(F)cc1)C(=O)CN(c1ccccc1)S(=O)(=O)c1ccc(F)cc1. The van der Waals surface area contributed by atoms with Gasteiger partial charge < -0.3 is 10.2 Å². The highest BCUT2D eigenvalue weighted by Gasteiger charge is 2.34. The van der Waals surface area contributed by atoms with Crippen molar-refractivity contribution in [2.45, 2.75) is 57.1 Å². The van der Waals surface area contributed by atoms with E-state index < -0.39 is 40.2 Å². The number of halogens is 2. The summed E-state index contributed by atoms with van der Waals surface area (Å²) in [5, 5.41) is 2.90. The van der Waals surface area contributed by atoms with Crippen molar-refractivity contribution in [2.24, 2.45) is 0 Å². The van der Waals surface area contributed by atoms with E-state index in [1.807, 2.05) is 13.8 Å². The second kappa shape index (κ2) is 13.3. The van der Waals surface area contributed by atoms with Gasteiger partial charge in [0.1, 0.15) is 24.2 Å². The summed E-state index contributed by atoms with van der Waals surface area (Å²) in [7, 11) is -4.28. The van der Waals surface area contributed by atoms with Crippen molar-refractivity contribution >= 4 is 27.5 Å². The summed E-state index contributed by atoms with van der Waals surface area (Å²) in [4.78, 5) is 28.2. The molecule has 0 radical (unpaired) electrons. The molecular formula is C29H33F2N3O4S. The summed E-state index contributed by atoms with van der Waals surface area (Å²) in [5.74, 6) is -2.03. The molecule has 0 aliphatic carbocycles. The molecule has 2 amide bonds. The van der Waals surface area contributed by atoms with Gasteiger partial charge in [0, 0.05) is 12.6 Å². The molecular weight excluding hydrogens is 524 g/mol. The molecule has 3 aromatic carbocycles. The van der Waals surface area contributed by atoms with Gasteiger partial charge >= 0.3 is 0 Å². The van der Waals surface area contributed by atoms with E-state index in [-0.39, 0.29) is 35.5 Å². The largest absolute Gasteiger partial charge is 0.352 e. The van der Waals surface area contributed by atoms with Crippen molar-refractivity contribution < 1.29 is 26.8 Å². The number of benzene rings is 3. The lowest BCUT2D eigenvalue weighted by Gasteiger charge is -2.33. The van der Waals surface area contributed by atoms with Gasteiger partial charge in [0.15, 0.2) is 0 Å². The van der Waals surface area contributed by atoms with Crippen LogP contribution in [-0.2, 0) is 26.2 Å². The number of sulfonamides is 1. The topological polar surface area (TPSA) is 86.8 Å². The quantitative estimate of drug-likeness (QED) is 0.344. The molecule has 1 N–H and O–H groups in total. The Bertz CT molecular complexity index is 1350. The lowest BCUT2D eigenvalue weighted by atomic mass is 10.1. The number of rotatable bonds is 12. The van der Waals surface area contributed by atoms with Crippen molar-refractivity contribution in [1.29, 1.82) is 0 Å². The summed E-state index contributed by atoms with van der Waals surface area (Å²) in [6, 6.07) is 16.9. The average molecular weight is 558 g/mol. The van der Waals surface area contributed by atoms with Gasteiger partial charge in [-0.15, -0.1) is 0 Å². The molecule has 2 atom stereocenters. The molecule has 0 saturated heterocycles. The van der Waals surface area contributed by atoms with Gasteiger partial charge in [-0.2, -0.15) is 0 Å². The maximum absolute atomic E-state index is 13.9. The molecule has 208 valence electrons. The molecule has 3 aromatic rings. The van der Waals surface area contributed by atoms with E-state index in [9.17, 15) is 26.8 Å². The Labute approximate surface area is 228 Å². The number of nitrogens with zero attached hydrogens (tertiary/aromatic N) is 2. The molecule has 0 bridgehead atoms. The fourth-order valence-corrected chi connectivity index (χ4v) is 5.42. The van der Waals surface area contributed by atoms with Crippen LogP contribution in [0, 0.1) is 11.6 Å². The number of hydrogen-bond acceptors (Lipinski definition) is 4. The van der Waals surface area contributed by atoms with Crippen LogP contribution in [0.5, 0.6) is 0 Å². The van der Waals surface area contributed by atoms with Crippen LogP contribution in [0.15, 0.2) is 83.8 Å². The number of carbonyl (C=O) groups excluding carboxylic acids is 2. The Balaban J connectivity index is 2.02. The molecule has 0 spiro atoms. The summed E-state index contributed by atoms with van der Waals surface area (Å²) < 4.78 is 55.4. The van der Waals surface area contributed by atoms with E-state index in [0.29, 0.717) is 12.0 Å². The fraction of sp³-hybridized carbons (Fsp3) is 0.310. The van der Waals surface area contributed by atoms with Crippen LogP contribution in [0.25, 0.3) is 0 Å².